The van der Waals surface area contributed by atoms with Gasteiger partial charge in [0, 0.05) is 40.7 Å². The molecule has 9 heteroatoms. The summed E-state index contributed by atoms with van der Waals surface area (Å²) in [5, 5.41) is -0.0612. The second-order valence-corrected chi connectivity index (χ2v) is 13.5. The third-order valence-corrected chi connectivity index (χ3v) is 9.97. The first-order chi connectivity index (χ1) is 19.9. The number of halogens is 2. The lowest BCUT2D eigenvalue weighted by Crippen LogP contribution is -2.48. The average Bonchev–Trinajstić information content (AvgIpc) is 3.46. The molecule has 0 radical (unpaired) electrons. The fraction of sp³-hybridized carbons (Fsp3) is 0.156. The highest BCUT2D eigenvalue weighted by molar-refractivity contribution is 9.10. The van der Waals surface area contributed by atoms with Crippen LogP contribution >= 0.6 is 31.9 Å². The summed E-state index contributed by atoms with van der Waals surface area (Å²) in [4.78, 5) is 9.18. The van der Waals surface area contributed by atoms with Crippen LogP contribution in [0.2, 0.25) is 0 Å². The Kier molecular flexibility index (Phi) is 8.12. The number of aromatic nitrogens is 1. The number of hydrogen-bond acceptors (Lipinski definition) is 6. The molecule has 0 bridgehead atoms. The summed E-state index contributed by atoms with van der Waals surface area (Å²) >= 11 is 6.85. The van der Waals surface area contributed by atoms with E-state index in [1.807, 2.05) is 41.3 Å². The third-order valence-electron chi connectivity index (χ3n) is 7.25. The van der Waals surface area contributed by atoms with Gasteiger partial charge in [-0.15, -0.1) is 0 Å². The lowest BCUT2D eigenvalue weighted by molar-refractivity contribution is 0.209. The van der Waals surface area contributed by atoms with Crippen molar-refractivity contribution in [1.29, 1.82) is 0 Å². The summed E-state index contributed by atoms with van der Waals surface area (Å²) in [6.45, 7) is 2.63. The van der Waals surface area contributed by atoms with Crippen LogP contribution in [0.4, 0.5) is 5.88 Å². The van der Waals surface area contributed by atoms with E-state index in [2.05, 4.69) is 90.3 Å². The van der Waals surface area contributed by atoms with Crippen molar-refractivity contribution in [3.63, 3.8) is 0 Å². The van der Waals surface area contributed by atoms with Crippen molar-refractivity contribution in [3.8, 4) is 11.5 Å². The van der Waals surface area contributed by atoms with Crippen LogP contribution in [-0.2, 0) is 9.84 Å². The monoisotopic (exact) mass is 691 g/mol. The number of hydrogen-bond donors (Lipinski definition) is 0. The van der Waals surface area contributed by atoms with Gasteiger partial charge in [-0.3, -0.25) is 4.90 Å². The number of nitrogens with zero attached hydrogens (tertiary/aromatic N) is 3. The molecule has 0 N–H and O–H groups in total. The largest absolute Gasteiger partial charge is 0.419 e. The SMILES string of the molecule is O=S(=O)(c1ccc(Br)cc1)c1nc(-c2ccc(Br)cc2)oc1N1CCN(C(c2ccccc2)c2ccccc2)CC1. The molecule has 1 aliphatic heterocycles. The summed E-state index contributed by atoms with van der Waals surface area (Å²) in [5.74, 6) is 0.554. The minimum absolute atomic E-state index is 0.0612. The molecule has 6 nitrogen and oxygen atoms in total. The molecule has 0 atom stereocenters. The molecule has 1 aliphatic rings. The molecular formula is C32H27Br2N3O3S. The second-order valence-electron chi connectivity index (χ2n) is 9.84. The molecule has 0 amide bonds. The number of piperazine rings is 1. The zero-order valence-corrected chi connectivity index (χ0v) is 26.0. The van der Waals surface area contributed by atoms with Crippen LogP contribution in [0.5, 0.6) is 0 Å². The van der Waals surface area contributed by atoms with Gasteiger partial charge in [0.05, 0.1) is 10.9 Å². The first-order valence-electron chi connectivity index (χ1n) is 13.3. The number of sulfone groups is 1. The van der Waals surface area contributed by atoms with Crippen molar-refractivity contribution in [3.05, 3.63) is 129 Å². The summed E-state index contributed by atoms with van der Waals surface area (Å²) in [6, 6.07) is 35.2. The highest BCUT2D eigenvalue weighted by Gasteiger charge is 2.34. The zero-order valence-electron chi connectivity index (χ0n) is 22.0. The number of anilines is 1. The predicted octanol–water partition coefficient (Wildman–Crippen LogP) is 7.61. The fourth-order valence-corrected chi connectivity index (χ4v) is 7.03. The Balaban J connectivity index is 1.34. The van der Waals surface area contributed by atoms with Crippen molar-refractivity contribution in [2.24, 2.45) is 0 Å². The first-order valence-corrected chi connectivity index (χ1v) is 16.3. The van der Waals surface area contributed by atoms with Gasteiger partial charge in [0.2, 0.25) is 26.6 Å². The molecule has 0 unspecified atom stereocenters. The number of oxazole rings is 1. The molecule has 1 aromatic heterocycles. The Morgan fingerprint density at radius 1 is 0.683 bits per heavy atom. The summed E-state index contributed by atoms with van der Waals surface area (Å²) < 4.78 is 35.7. The van der Waals surface area contributed by atoms with E-state index >= 15 is 0 Å². The lowest BCUT2D eigenvalue weighted by atomic mass is 9.96. The van der Waals surface area contributed by atoms with Gasteiger partial charge in [-0.2, -0.15) is 4.98 Å². The van der Waals surface area contributed by atoms with Crippen LogP contribution in [0.3, 0.4) is 0 Å². The van der Waals surface area contributed by atoms with E-state index in [4.69, 9.17) is 4.42 Å². The molecular weight excluding hydrogens is 666 g/mol. The van der Waals surface area contributed by atoms with Crippen molar-refractivity contribution in [2.45, 2.75) is 16.0 Å². The third kappa shape index (κ3) is 5.90. The molecule has 41 heavy (non-hydrogen) atoms. The van der Waals surface area contributed by atoms with Crippen LogP contribution in [-0.4, -0.2) is 44.5 Å². The summed E-state index contributed by atoms with van der Waals surface area (Å²) in [7, 11) is -3.94. The zero-order chi connectivity index (χ0) is 28.4. The second kappa shape index (κ2) is 11.9. The van der Waals surface area contributed by atoms with Gasteiger partial charge in [0.1, 0.15) is 0 Å². The summed E-state index contributed by atoms with van der Waals surface area (Å²) in [5.41, 5.74) is 3.16. The van der Waals surface area contributed by atoms with E-state index < -0.39 is 9.84 Å². The minimum Gasteiger partial charge on any atom is -0.419 e. The van der Waals surface area contributed by atoms with Gasteiger partial charge in [0.25, 0.3) is 0 Å². The standard InChI is InChI=1S/C32H27Br2N3O3S/c33-26-13-11-25(12-14-26)30-35-31(41(38,39)28-17-15-27(34)16-18-28)32(40-30)37-21-19-36(20-22-37)29(23-7-3-1-4-8-23)24-9-5-2-6-10-24/h1-18,29H,19-22H2. The fourth-order valence-electron chi connectivity index (χ4n) is 5.18. The first kappa shape index (κ1) is 27.9. The molecule has 4 aromatic carbocycles. The van der Waals surface area contributed by atoms with Crippen molar-refractivity contribution < 1.29 is 12.8 Å². The van der Waals surface area contributed by atoms with Crippen molar-refractivity contribution >= 4 is 47.6 Å². The Bertz CT molecular complexity index is 1680. The van der Waals surface area contributed by atoms with Gasteiger partial charge < -0.3 is 9.32 Å². The number of benzene rings is 4. The predicted molar refractivity (Wildman–Crippen MR) is 168 cm³/mol. The Hall–Kier alpha value is -3.24. The molecule has 5 aromatic rings. The topological polar surface area (TPSA) is 66.7 Å². The van der Waals surface area contributed by atoms with Gasteiger partial charge in [0.15, 0.2) is 0 Å². The van der Waals surface area contributed by atoms with E-state index in [1.165, 1.54) is 11.1 Å². The molecule has 0 aliphatic carbocycles. The van der Waals surface area contributed by atoms with Crippen LogP contribution in [0.15, 0.2) is 132 Å². The maximum absolute atomic E-state index is 13.9. The highest BCUT2D eigenvalue weighted by Crippen LogP contribution is 2.37. The molecule has 208 valence electrons. The maximum Gasteiger partial charge on any atom is 0.236 e. The van der Waals surface area contributed by atoms with Crippen LogP contribution in [0.1, 0.15) is 17.2 Å². The lowest BCUT2D eigenvalue weighted by Gasteiger charge is -2.39. The van der Waals surface area contributed by atoms with E-state index in [-0.39, 0.29) is 27.7 Å². The van der Waals surface area contributed by atoms with Crippen molar-refractivity contribution in [1.82, 2.24) is 9.88 Å². The van der Waals surface area contributed by atoms with Crippen LogP contribution in [0.25, 0.3) is 11.5 Å². The smallest absolute Gasteiger partial charge is 0.236 e. The number of rotatable bonds is 7. The summed E-state index contributed by atoms with van der Waals surface area (Å²) in [6.07, 6.45) is 0. The van der Waals surface area contributed by atoms with Crippen molar-refractivity contribution in [2.75, 3.05) is 31.1 Å². The van der Waals surface area contributed by atoms with Gasteiger partial charge in [-0.05, 0) is 59.7 Å². The average molecular weight is 693 g/mol. The minimum atomic E-state index is -3.94. The van der Waals surface area contributed by atoms with E-state index in [0.29, 0.717) is 18.7 Å². The van der Waals surface area contributed by atoms with Crippen LogP contribution < -0.4 is 4.90 Å². The van der Waals surface area contributed by atoms with E-state index in [0.717, 1.165) is 22.0 Å². The Labute approximate surface area is 256 Å². The van der Waals surface area contributed by atoms with Gasteiger partial charge in [-0.1, -0.05) is 92.5 Å². The van der Waals surface area contributed by atoms with E-state index in [9.17, 15) is 8.42 Å². The molecule has 0 saturated carbocycles. The quantitative estimate of drug-likeness (QED) is 0.175. The van der Waals surface area contributed by atoms with Gasteiger partial charge >= 0.3 is 0 Å². The highest BCUT2D eigenvalue weighted by atomic mass is 79.9. The molecule has 1 fully saturated rings. The Morgan fingerprint density at radius 2 is 1.20 bits per heavy atom. The van der Waals surface area contributed by atoms with Crippen LogP contribution in [0, 0.1) is 0 Å². The molecule has 6 rings (SSSR count). The molecule has 2 heterocycles. The maximum atomic E-state index is 13.9. The Morgan fingerprint density at radius 3 is 1.73 bits per heavy atom. The van der Waals surface area contributed by atoms with E-state index in [1.54, 1.807) is 24.3 Å². The van der Waals surface area contributed by atoms with Gasteiger partial charge in [-0.25, -0.2) is 8.42 Å². The molecule has 1 saturated heterocycles. The molecule has 0 spiro atoms. The normalized spacial score (nSPS) is 14.5.